The van der Waals surface area contributed by atoms with Gasteiger partial charge in [0, 0.05) is 30.1 Å². The van der Waals surface area contributed by atoms with Gasteiger partial charge in [0.2, 0.25) is 5.91 Å². The van der Waals surface area contributed by atoms with E-state index in [-0.39, 0.29) is 5.91 Å². The van der Waals surface area contributed by atoms with Crippen molar-refractivity contribution in [2.75, 3.05) is 5.75 Å². The van der Waals surface area contributed by atoms with Gasteiger partial charge in [0.25, 0.3) is 0 Å². The first-order chi connectivity index (χ1) is 10.8. The number of thioether (sulfide) groups is 1. The highest BCUT2D eigenvalue weighted by molar-refractivity contribution is 7.99. The van der Waals surface area contributed by atoms with Gasteiger partial charge in [-0.05, 0) is 24.8 Å². The molecule has 1 amide bonds. The number of hydrogen-bond donors (Lipinski definition) is 1. The fourth-order valence-corrected chi connectivity index (χ4v) is 3.53. The molecule has 2 aromatic rings. The molecule has 0 unspecified atom stereocenters. The van der Waals surface area contributed by atoms with Crippen molar-refractivity contribution in [2.24, 2.45) is 0 Å². The predicted molar refractivity (Wildman–Crippen MR) is 89.6 cm³/mol. The summed E-state index contributed by atoms with van der Waals surface area (Å²) in [6.07, 6.45) is 5.40. The summed E-state index contributed by atoms with van der Waals surface area (Å²) >= 11 is 1.65. The van der Waals surface area contributed by atoms with Crippen molar-refractivity contribution in [2.45, 2.75) is 38.1 Å². The molecule has 0 saturated heterocycles. The summed E-state index contributed by atoms with van der Waals surface area (Å²) in [6.45, 7) is 1.61. The number of carbonyl (C=O) groups excluding carboxylic acids is 1. The highest BCUT2D eigenvalue weighted by atomic mass is 32.2. The first kappa shape index (κ1) is 15.2. The van der Waals surface area contributed by atoms with Crippen molar-refractivity contribution in [3.8, 4) is 0 Å². The number of benzene rings is 1. The largest absolute Gasteiger partial charge is 0.351 e. The Bertz CT molecular complexity index is 624. The molecule has 0 radical (unpaired) electrons. The van der Waals surface area contributed by atoms with E-state index in [2.05, 4.69) is 27.2 Å². The van der Waals surface area contributed by atoms with Crippen LogP contribution < -0.4 is 5.32 Å². The van der Waals surface area contributed by atoms with E-state index in [9.17, 15) is 4.79 Å². The fraction of sp³-hybridized carbons (Fsp3) is 0.412. The summed E-state index contributed by atoms with van der Waals surface area (Å²) in [7, 11) is 0. The molecule has 1 aromatic heterocycles. The number of nitrogens with one attached hydrogen (secondary N) is 1. The van der Waals surface area contributed by atoms with Crippen LogP contribution in [0.5, 0.6) is 0 Å². The van der Waals surface area contributed by atoms with Crippen LogP contribution in [0.4, 0.5) is 0 Å². The van der Waals surface area contributed by atoms with Crippen LogP contribution in [0.1, 0.15) is 29.7 Å². The van der Waals surface area contributed by atoms with E-state index in [1.807, 2.05) is 24.4 Å². The summed E-state index contributed by atoms with van der Waals surface area (Å²) in [5.74, 6) is 1.46. The molecular formula is C17H21N3OS. The maximum absolute atomic E-state index is 11.9. The van der Waals surface area contributed by atoms with Gasteiger partial charge in [-0.2, -0.15) is 5.10 Å². The topological polar surface area (TPSA) is 46.9 Å². The third-order valence-electron chi connectivity index (χ3n) is 3.89. The van der Waals surface area contributed by atoms with E-state index >= 15 is 0 Å². The van der Waals surface area contributed by atoms with Crippen molar-refractivity contribution in [3.63, 3.8) is 0 Å². The Balaban J connectivity index is 1.42. The minimum absolute atomic E-state index is 0.0942. The molecular weight excluding hydrogens is 294 g/mol. The van der Waals surface area contributed by atoms with Gasteiger partial charge in [0.05, 0.1) is 11.9 Å². The average Bonchev–Trinajstić information content (AvgIpc) is 2.97. The smallest absolute Gasteiger partial charge is 0.230 e. The normalized spacial score (nSPS) is 13.6. The Morgan fingerprint density at radius 2 is 2.14 bits per heavy atom. The molecule has 3 rings (SSSR count). The lowest BCUT2D eigenvalue weighted by molar-refractivity contribution is -0.118. The molecule has 0 bridgehead atoms. The zero-order valence-electron chi connectivity index (χ0n) is 12.6. The van der Waals surface area contributed by atoms with E-state index < -0.39 is 0 Å². The second-order valence-electron chi connectivity index (χ2n) is 5.55. The number of fused-ring (bicyclic) bond motifs is 1. The maximum Gasteiger partial charge on any atom is 0.230 e. The summed E-state index contributed by atoms with van der Waals surface area (Å²) in [5.41, 5.74) is 3.72. The minimum Gasteiger partial charge on any atom is -0.351 e. The summed E-state index contributed by atoms with van der Waals surface area (Å²) in [5, 5.41) is 7.41. The Labute approximate surface area is 135 Å². The molecule has 4 nitrogen and oxygen atoms in total. The van der Waals surface area contributed by atoms with Crippen LogP contribution in [0.25, 0.3) is 0 Å². The lowest BCUT2D eigenvalue weighted by Gasteiger charge is -2.14. The van der Waals surface area contributed by atoms with Crippen LogP contribution in [0.15, 0.2) is 36.5 Å². The number of aryl methyl sites for hydroxylation is 1. The molecule has 0 aliphatic carbocycles. The highest BCUT2D eigenvalue weighted by Crippen LogP contribution is 2.18. The fourth-order valence-electron chi connectivity index (χ4n) is 2.71. The van der Waals surface area contributed by atoms with Crippen LogP contribution in [0, 0.1) is 0 Å². The zero-order valence-corrected chi connectivity index (χ0v) is 13.4. The molecule has 116 valence electrons. The van der Waals surface area contributed by atoms with Crippen molar-refractivity contribution < 1.29 is 4.79 Å². The Hall–Kier alpha value is -1.75. The van der Waals surface area contributed by atoms with Crippen molar-refractivity contribution in [1.82, 2.24) is 15.1 Å². The maximum atomic E-state index is 11.9. The van der Waals surface area contributed by atoms with Crippen LogP contribution in [0.2, 0.25) is 0 Å². The van der Waals surface area contributed by atoms with Gasteiger partial charge >= 0.3 is 0 Å². The summed E-state index contributed by atoms with van der Waals surface area (Å²) < 4.78 is 2.08. The average molecular weight is 315 g/mol. The number of carbonyl (C=O) groups is 1. The number of rotatable bonds is 6. The molecule has 0 spiro atoms. The zero-order chi connectivity index (χ0) is 15.2. The molecule has 0 saturated carbocycles. The van der Waals surface area contributed by atoms with E-state index in [0.717, 1.165) is 18.7 Å². The van der Waals surface area contributed by atoms with Gasteiger partial charge in [-0.15, -0.1) is 11.8 Å². The van der Waals surface area contributed by atoms with E-state index in [4.69, 9.17) is 0 Å². The standard InChI is InChI=1S/C17H21N3OS/c21-17(13-22-12-14-6-2-1-3-7-14)18-10-15-11-19-20-9-5-4-8-16(15)20/h1-3,6-7,11H,4-5,8-10,12-13H2,(H,18,21). The monoisotopic (exact) mass is 315 g/mol. The van der Waals surface area contributed by atoms with Gasteiger partial charge in [-0.3, -0.25) is 9.48 Å². The van der Waals surface area contributed by atoms with Gasteiger partial charge in [-0.25, -0.2) is 0 Å². The SMILES string of the molecule is O=C(CSCc1ccccc1)NCc1cnn2c1CCCC2. The molecule has 0 fully saturated rings. The van der Waals surface area contributed by atoms with Gasteiger partial charge in [0.1, 0.15) is 0 Å². The number of nitrogens with zero attached hydrogens (tertiary/aromatic N) is 2. The lowest BCUT2D eigenvalue weighted by Crippen LogP contribution is -2.25. The molecule has 1 aromatic carbocycles. The highest BCUT2D eigenvalue weighted by Gasteiger charge is 2.14. The minimum atomic E-state index is 0.0942. The van der Waals surface area contributed by atoms with Crippen LogP contribution >= 0.6 is 11.8 Å². The van der Waals surface area contributed by atoms with Crippen molar-refractivity contribution in [1.29, 1.82) is 0 Å². The van der Waals surface area contributed by atoms with Gasteiger partial charge < -0.3 is 5.32 Å². The Morgan fingerprint density at radius 1 is 1.27 bits per heavy atom. The lowest BCUT2D eigenvalue weighted by atomic mass is 10.1. The Morgan fingerprint density at radius 3 is 3.00 bits per heavy atom. The molecule has 2 heterocycles. The third kappa shape index (κ3) is 3.91. The molecule has 22 heavy (non-hydrogen) atoms. The number of amides is 1. The van der Waals surface area contributed by atoms with E-state index in [0.29, 0.717) is 12.3 Å². The molecule has 0 atom stereocenters. The van der Waals surface area contributed by atoms with Crippen molar-refractivity contribution >= 4 is 17.7 Å². The van der Waals surface area contributed by atoms with Crippen LogP contribution in [0.3, 0.4) is 0 Å². The first-order valence-electron chi connectivity index (χ1n) is 7.75. The number of aromatic nitrogens is 2. The van der Waals surface area contributed by atoms with Gasteiger partial charge in [-0.1, -0.05) is 30.3 Å². The van der Waals surface area contributed by atoms with Crippen LogP contribution in [-0.4, -0.2) is 21.4 Å². The van der Waals surface area contributed by atoms with Crippen molar-refractivity contribution in [3.05, 3.63) is 53.3 Å². The third-order valence-corrected chi connectivity index (χ3v) is 4.89. The van der Waals surface area contributed by atoms with E-state index in [1.54, 1.807) is 11.8 Å². The number of hydrogen-bond acceptors (Lipinski definition) is 3. The summed E-state index contributed by atoms with van der Waals surface area (Å²) in [6, 6.07) is 10.2. The van der Waals surface area contributed by atoms with Gasteiger partial charge in [0.15, 0.2) is 0 Å². The quantitative estimate of drug-likeness (QED) is 0.891. The van der Waals surface area contributed by atoms with Crippen LogP contribution in [-0.2, 0) is 30.1 Å². The van der Waals surface area contributed by atoms with E-state index in [1.165, 1.54) is 29.7 Å². The predicted octanol–water partition coefficient (Wildman–Crippen LogP) is 2.77. The molecule has 5 heteroatoms. The molecule has 1 N–H and O–H groups in total. The molecule has 1 aliphatic heterocycles. The second-order valence-corrected chi connectivity index (χ2v) is 6.54. The first-order valence-corrected chi connectivity index (χ1v) is 8.90. The summed E-state index contributed by atoms with van der Waals surface area (Å²) in [4.78, 5) is 11.9. The molecule has 1 aliphatic rings. The second kappa shape index (κ2) is 7.49. The Kier molecular flexibility index (Phi) is 5.16.